The zero-order chi connectivity index (χ0) is 11.4. The number of likely N-dealkylation sites (tertiary alicyclic amines) is 1. The highest BCUT2D eigenvalue weighted by Gasteiger charge is 2.25. The standard InChI is InChI=1S/C12H22N2OS/c1-10(12(15)14-6-2-3-7-14)13-11-5-4-8-16-9-11/h10-11,13H,2-9H2,1H3. The van der Waals surface area contributed by atoms with E-state index in [2.05, 4.69) is 5.32 Å². The zero-order valence-corrected chi connectivity index (χ0v) is 10.9. The Morgan fingerprint density at radius 1 is 1.38 bits per heavy atom. The van der Waals surface area contributed by atoms with Crippen LogP contribution < -0.4 is 5.32 Å². The average Bonchev–Trinajstić information content (AvgIpc) is 2.83. The number of nitrogens with one attached hydrogen (secondary N) is 1. The minimum atomic E-state index is 0.00167. The van der Waals surface area contributed by atoms with E-state index in [4.69, 9.17) is 0 Å². The van der Waals surface area contributed by atoms with Gasteiger partial charge in [-0.2, -0.15) is 11.8 Å². The molecule has 16 heavy (non-hydrogen) atoms. The molecular formula is C12H22N2OS. The second-order valence-electron chi connectivity index (χ2n) is 4.83. The van der Waals surface area contributed by atoms with Crippen molar-refractivity contribution in [2.75, 3.05) is 24.6 Å². The highest BCUT2D eigenvalue weighted by atomic mass is 32.2. The van der Waals surface area contributed by atoms with E-state index in [0.717, 1.165) is 18.8 Å². The summed E-state index contributed by atoms with van der Waals surface area (Å²) in [5, 5.41) is 3.48. The number of hydrogen-bond acceptors (Lipinski definition) is 3. The molecule has 2 unspecified atom stereocenters. The van der Waals surface area contributed by atoms with Gasteiger partial charge in [0.25, 0.3) is 0 Å². The summed E-state index contributed by atoms with van der Waals surface area (Å²) in [4.78, 5) is 14.1. The third-order valence-electron chi connectivity index (χ3n) is 3.43. The zero-order valence-electron chi connectivity index (χ0n) is 10.1. The van der Waals surface area contributed by atoms with Crippen LogP contribution in [0.3, 0.4) is 0 Å². The van der Waals surface area contributed by atoms with Crippen LogP contribution in [0.15, 0.2) is 0 Å². The Morgan fingerprint density at radius 2 is 2.12 bits per heavy atom. The first-order valence-electron chi connectivity index (χ1n) is 6.40. The number of nitrogens with zero attached hydrogens (tertiary/aromatic N) is 1. The van der Waals surface area contributed by atoms with Gasteiger partial charge >= 0.3 is 0 Å². The molecular weight excluding hydrogens is 220 g/mol. The van der Waals surface area contributed by atoms with Crippen molar-refractivity contribution in [3.8, 4) is 0 Å². The third kappa shape index (κ3) is 3.14. The summed E-state index contributed by atoms with van der Waals surface area (Å²) in [6.45, 7) is 3.94. The molecule has 2 fully saturated rings. The molecule has 0 aromatic heterocycles. The van der Waals surface area contributed by atoms with Crippen LogP contribution in [0, 0.1) is 0 Å². The van der Waals surface area contributed by atoms with E-state index in [1.165, 1.54) is 31.4 Å². The normalized spacial score (nSPS) is 28.1. The second-order valence-corrected chi connectivity index (χ2v) is 5.98. The number of thioether (sulfide) groups is 1. The predicted molar refractivity (Wildman–Crippen MR) is 68.8 cm³/mol. The number of rotatable bonds is 3. The van der Waals surface area contributed by atoms with Gasteiger partial charge in [0.1, 0.15) is 0 Å². The van der Waals surface area contributed by atoms with Crippen molar-refractivity contribution >= 4 is 17.7 Å². The van der Waals surface area contributed by atoms with E-state index in [1.54, 1.807) is 0 Å². The van der Waals surface area contributed by atoms with Gasteiger partial charge in [-0.25, -0.2) is 0 Å². The predicted octanol–water partition coefficient (Wildman–Crippen LogP) is 1.48. The van der Waals surface area contributed by atoms with Crippen molar-refractivity contribution in [2.24, 2.45) is 0 Å². The topological polar surface area (TPSA) is 32.3 Å². The fourth-order valence-electron chi connectivity index (χ4n) is 2.51. The van der Waals surface area contributed by atoms with E-state index >= 15 is 0 Å². The van der Waals surface area contributed by atoms with Crippen LogP contribution in [-0.2, 0) is 4.79 Å². The lowest BCUT2D eigenvalue weighted by atomic mass is 10.1. The number of hydrogen-bond donors (Lipinski definition) is 1. The summed E-state index contributed by atoms with van der Waals surface area (Å²) in [5.74, 6) is 2.75. The molecule has 2 heterocycles. The van der Waals surface area contributed by atoms with Crippen molar-refractivity contribution in [3.63, 3.8) is 0 Å². The van der Waals surface area contributed by atoms with Crippen LogP contribution in [0.25, 0.3) is 0 Å². The van der Waals surface area contributed by atoms with Crippen LogP contribution in [0.2, 0.25) is 0 Å². The highest BCUT2D eigenvalue weighted by Crippen LogP contribution is 2.18. The molecule has 0 aromatic carbocycles. The van der Waals surface area contributed by atoms with Crippen LogP contribution in [0.4, 0.5) is 0 Å². The maximum atomic E-state index is 12.1. The summed E-state index contributed by atoms with van der Waals surface area (Å²) in [6.07, 6.45) is 4.87. The molecule has 92 valence electrons. The molecule has 0 aromatic rings. The lowest BCUT2D eigenvalue weighted by Gasteiger charge is -2.28. The lowest BCUT2D eigenvalue weighted by molar-refractivity contribution is -0.132. The Kier molecular flexibility index (Phi) is 4.53. The molecule has 1 amide bonds. The molecule has 0 saturated carbocycles. The molecule has 2 aliphatic rings. The molecule has 4 heteroatoms. The second kappa shape index (κ2) is 5.92. The molecule has 0 radical (unpaired) electrons. The van der Waals surface area contributed by atoms with Crippen molar-refractivity contribution in [1.29, 1.82) is 0 Å². The van der Waals surface area contributed by atoms with E-state index in [-0.39, 0.29) is 6.04 Å². The van der Waals surface area contributed by atoms with E-state index in [0.29, 0.717) is 11.9 Å². The fourth-order valence-corrected chi connectivity index (χ4v) is 3.59. The first kappa shape index (κ1) is 12.2. The Hall–Kier alpha value is -0.220. The minimum absolute atomic E-state index is 0.00167. The van der Waals surface area contributed by atoms with Crippen molar-refractivity contribution in [3.05, 3.63) is 0 Å². The molecule has 0 aliphatic carbocycles. The molecule has 1 N–H and O–H groups in total. The smallest absolute Gasteiger partial charge is 0.239 e. The Bertz CT molecular complexity index is 235. The van der Waals surface area contributed by atoms with Crippen molar-refractivity contribution in [1.82, 2.24) is 10.2 Å². The third-order valence-corrected chi connectivity index (χ3v) is 4.65. The molecule has 2 atom stereocenters. The van der Waals surface area contributed by atoms with Crippen LogP contribution >= 0.6 is 11.8 Å². The lowest BCUT2D eigenvalue weighted by Crippen LogP contribution is -2.48. The molecule has 3 nitrogen and oxygen atoms in total. The fraction of sp³-hybridized carbons (Fsp3) is 0.917. The summed E-state index contributed by atoms with van der Waals surface area (Å²) in [5.41, 5.74) is 0. The Labute approximate surface area is 102 Å². The van der Waals surface area contributed by atoms with Gasteiger partial charge in [-0.15, -0.1) is 0 Å². The number of amides is 1. The first-order chi connectivity index (χ1) is 7.77. The molecule has 2 saturated heterocycles. The van der Waals surface area contributed by atoms with Gasteiger partial charge in [0.2, 0.25) is 5.91 Å². The van der Waals surface area contributed by atoms with Crippen molar-refractivity contribution in [2.45, 2.75) is 44.7 Å². The van der Waals surface area contributed by atoms with Gasteiger partial charge in [0, 0.05) is 24.9 Å². The highest BCUT2D eigenvalue weighted by molar-refractivity contribution is 7.99. The molecule has 2 rings (SSSR count). The molecule has 2 aliphatic heterocycles. The van der Waals surface area contributed by atoms with Crippen LogP contribution in [0.5, 0.6) is 0 Å². The molecule has 0 spiro atoms. The Balaban J connectivity index is 1.77. The van der Waals surface area contributed by atoms with Gasteiger partial charge in [-0.3, -0.25) is 4.79 Å². The Morgan fingerprint density at radius 3 is 2.75 bits per heavy atom. The first-order valence-corrected chi connectivity index (χ1v) is 7.55. The van der Waals surface area contributed by atoms with Gasteiger partial charge in [-0.1, -0.05) is 0 Å². The summed E-state index contributed by atoms with van der Waals surface area (Å²) < 4.78 is 0. The van der Waals surface area contributed by atoms with Crippen molar-refractivity contribution < 1.29 is 4.79 Å². The van der Waals surface area contributed by atoms with Crippen LogP contribution in [0.1, 0.15) is 32.6 Å². The van der Waals surface area contributed by atoms with E-state index in [9.17, 15) is 4.79 Å². The van der Waals surface area contributed by atoms with Gasteiger partial charge < -0.3 is 10.2 Å². The van der Waals surface area contributed by atoms with Gasteiger partial charge in [0.05, 0.1) is 6.04 Å². The maximum absolute atomic E-state index is 12.1. The summed E-state index contributed by atoms with van der Waals surface area (Å²) in [7, 11) is 0. The van der Waals surface area contributed by atoms with Gasteiger partial charge in [0.15, 0.2) is 0 Å². The van der Waals surface area contributed by atoms with Gasteiger partial charge in [-0.05, 0) is 38.4 Å². The average molecular weight is 242 g/mol. The van der Waals surface area contributed by atoms with E-state index in [1.807, 2.05) is 23.6 Å². The molecule has 0 bridgehead atoms. The quantitative estimate of drug-likeness (QED) is 0.813. The summed E-state index contributed by atoms with van der Waals surface area (Å²) in [6, 6.07) is 0.544. The number of carbonyl (C=O) groups excluding carboxylic acids is 1. The van der Waals surface area contributed by atoms with E-state index < -0.39 is 0 Å². The van der Waals surface area contributed by atoms with Crippen LogP contribution in [-0.4, -0.2) is 47.5 Å². The SMILES string of the molecule is CC(NC1CCCSC1)C(=O)N1CCCC1. The monoisotopic (exact) mass is 242 g/mol. The minimum Gasteiger partial charge on any atom is -0.341 e. The summed E-state index contributed by atoms with van der Waals surface area (Å²) >= 11 is 2.00. The number of carbonyl (C=O) groups is 1. The maximum Gasteiger partial charge on any atom is 0.239 e. The largest absolute Gasteiger partial charge is 0.341 e.